The van der Waals surface area contributed by atoms with Crippen molar-refractivity contribution in [1.29, 1.82) is 0 Å². The Morgan fingerprint density at radius 2 is 2.00 bits per heavy atom. The highest BCUT2D eigenvalue weighted by molar-refractivity contribution is 5.42. The third-order valence-electron chi connectivity index (χ3n) is 1.83. The summed E-state index contributed by atoms with van der Waals surface area (Å²) < 4.78 is 27.2. The summed E-state index contributed by atoms with van der Waals surface area (Å²) in [5.74, 6) is -1.62. The summed E-state index contributed by atoms with van der Waals surface area (Å²) in [7, 11) is 0. The molecule has 0 radical (unpaired) electrons. The Balaban J connectivity index is 2.63. The van der Waals surface area contributed by atoms with E-state index in [2.05, 4.69) is 5.10 Å². The van der Waals surface area contributed by atoms with Gasteiger partial charge in [0.1, 0.15) is 11.5 Å². The van der Waals surface area contributed by atoms with Crippen molar-refractivity contribution in [3.63, 3.8) is 0 Å². The number of nitrogen functional groups attached to an aromatic ring is 1. The van der Waals surface area contributed by atoms with E-state index < -0.39 is 11.6 Å². The Bertz CT molecular complexity index is 465. The van der Waals surface area contributed by atoms with Crippen LogP contribution in [-0.4, -0.2) is 9.78 Å². The third kappa shape index (κ3) is 1.22. The van der Waals surface area contributed by atoms with Crippen LogP contribution < -0.4 is 5.73 Å². The van der Waals surface area contributed by atoms with Crippen molar-refractivity contribution in [3.05, 3.63) is 42.1 Å². The highest BCUT2D eigenvalue weighted by Crippen LogP contribution is 2.17. The zero-order valence-electron chi connectivity index (χ0n) is 7.11. The van der Waals surface area contributed by atoms with E-state index in [4.69, 9.17) is 5.73 Å². The molecular formula is C9H7F2N3. The smallest absolute Gasteiger partial charge is 0.184 e. The maximum Gasteiger partial charge on any atom is 0.184 e. The molecule has 72 valence electrons. The summed E-state index contributed by atoms with van der Waals surface area (Å²) in [6.07, 6.45) is 1.42. The van der Waals surface area contributed by atoms with Gasteiger partial charge >= 0.3 is 0 Å². The standard InChI is InChI=1S/C9H7F2N3/c10-6-2-1-3-7(9(6)11)14-8(12)4-5-13-14/h1-5H,12H2. The summed E-state index contributed by atoms with van der Waals surface area (Å²) in [5, 5.41) is 3.77. The number of aromatic nitrogens is 2. The fourth-order valence-corrected chi connectivity index (χ4v) is 1.17. The largest absolute Gasteiger partial charge is 0.384 e. The average Bonchev–Trinajstić information content (AvgIpc) is 2.57. The second kappa shape index (κ2) is 3.10. The molecule has 0 fully saturated rings. The molecule has 0 atom stereocenters. The molecule has 0 spiro atoms. The SMILES string of the molecule is Nc1ccnn1-c1cccc(F)c1F. The van der Waals surface area contributed by atoms with E-state index in [0.29, 0.717) is 0 Å². The number of nitrogens with zero attached hydrogens (tertiary/aromatic N) is 2. The molecule has 0 amide bonds. The van der Waals surface area contributed by atoms with Gasteiger partial charge in [0.15, 0.2) is 11.6 Å². The highest BCUT2D eigenvalue weighted by atomic mass is 19.2. The molecule has 0 aliphatic rings. The predicted octanol–water partition coefficient (Wildman–Crippen LogP) is 1.73. The van der Waals surface area contributed by atoms with Crippen LogP contribution in [0.5, 0.6) is 0 Å². The molecule has 0 aliphatic heterocycles. The molecule has 2 aromatic rings. The van der Waals surface area contributed by atoms with E-state index in [1.165, 1.54) is 24.4 Å². The van der Waals surface area contributed by atoms with E-state index in [1.807, 2.05) is 0 Å². The van der Waals surface area contributed by atoms with Crippen molar-refractivity contribution in [2.75, 3.05) is 5.73 Å². The van der Waals surface area contributed by atoms with Gasteiger partial charge in [0, 0.05) is 6.07 Å². The lowest BCUT2D eigenvalue weighted by Crippen LogP contribution is -2.04. The monoisotopic (exact) mass is 195 g/mol. The Morgan fingerprint density at radius 3 is 2.64 bits per heavy atom. The molecule has 0 bridgehead atoms. The molecule has 2 rings (SSSR count). The number of rotatable bonds is 1. The fourth-order valence-electron chi connectivity index (χ4n) is 1.17. The first kappa shape index (κ1) is 8.68. The number of hydrogen-bond acceptors (Lipinski definition) is 2. The van der Waals surface area contributed by atoms with Crippen molar-refractivity contribution < 1.29 is 8.78 Å². The molecule has 14 heavy (non-hydrogen) atoms. The van der Waals surface area contributed by atoms with Crippen LogP contribution in [0.25, 0.3) is 5.69 Å². The zero-order chi connectivity index (χ0) is 10.1. The minimum Gasteiger partial charge on any atom is -0.384 e. The van der Waals surface area contributed by atoms with Gasteiger partial charge in [0.2, 0.25) is 0 Å². The summed E-state index contributed by atoms with van der Waals surface area (Å²) in [5.41, 5.74) is 5.51. The minimum atomic E-state index is -0.956. The summed E-state index contributed by atoms with van der Waals surface area (Å²) in [6.45, 7) is 0. The van der Waals surface area contributed by atoms with Gasteiger partial charge in [-0.05, 0) is 12.1 Å². The van der Waals surface area contributed by atoms with E-state index in [1.54, 1.807) is 0 Å². The van der Waals surface area contributed by atoms with E-state index in [0.717, 1.165) is 10.7 Å². The van der Waals surface area contributed by atoms with Crippen molar-refractivity contribution in [2.45, 2.75) is 0 Å². The van der Waals surface area contributed by atoms with Gasteiger partial charge in [-0.3, -0.25) is 0 Å². The minimum absolute atomic E-state index is 0.00694. The molecule has 0 unspecified atom stereocenters. The van der Waals surface area contributed by atoms with Gasteiger partial charge in [0.05, 0.1) is 6.20 Å². The van der Waals surface area contributed by atoms with Gasteiger partial charge in [-0.15, -0.1) is 0 Å². The summed E-state index contributed by atoms with van der Waals surface area (Å²) in [4.78, 5) is 0. The number of hydrogen-bond donors (Lipinski definition) is 1. The lowest BCUT2D eigenvalue weighted by Gasteiger charge is -2.05. The topological polar surface area (TPSA) is 43.8 Å². The van der Waals surface area contributed by atoms with Crippen molar-refractivity contribution >= 4 is 5.82 Å². The quantitative estimate of drug-likeness (QED) is 0.753. The lowest BCUT2D eigenvalue weighted by molar-refractivity contribution is 0.502. The second-order valence-corrected chi connectivity index (χ2v) is 2.74. The van der Waals surface area contributed by atoms with Crippen LogP contribution in [0, 0.1) is 11.6 Å². The summed E-state index contributed by atoms with van der Waals surface area (Å²) >= 11 is 0. The van der Waals surface area contributed by atoms with Crippen molar-refractivity contribution in [3.8, 4) is 5.69 Å². The number of anilines is 1. The van der Waals surface area contributed by atoms with Gasteiger partial charge in [0.25, 0.3) is 0 Å². The van der Waals surface area contributed by atoms with Gasteiger partial charge < -0.3 is 5.73 Å². The highest BCUT2D eigenvalue weighted by Gasteiger charge is 2.11. The Kier molecular flexibility index (Phi) is 1.92. The fraction of sp³-hybridized carbons (Fsp3) is 0. The van der Waals surface area contributed by atoms with E-state index in [-0.39, 0.29) is 11.5 Å². The first-order valence-corrected chi connectivity index (χ1v) is 3.94. The van der Waals surface area contributed by atoms with Crippen LogP contribution in [-0.2, 0) is 0 Å². The van der Waals surface area contributed by atoms with Crippen LogP contribution in [0.2, 0.25) is 0 Å². The first-order chi connectivity index (χ1) is 6.70. The maximum absolute atomic E-state index is 13.3. The van der Waals surface area contributed by atoms with Gasteiger partial charge in [-0.1, -0.05) is 6.07 Å². The van der Waals surface area contributed by atoms with Gasteiger partial charge in [-0.25, -0.2) is 13.5 Å². The third-order valence-corrected chi connectivity index (χ3v) is 1.83. The Labute approximate surface area is 78.8 Å². The molecule has 0 saturated heterocycles. The van der Waals surface area contributed by atoms with Crippen LogP contribution >= 0.6 is 0 Å². The summed E-state index contributed by atoms with van der Waals surface area (Å²) in [6, 6.07) is 5.35. The van der Waals surface area contributed by atoms with Crippen molar-refractivity contribution in [1.82, 2.24) is 9.78 Å². The van der Waals surface area contributed by atoms with Gasteiger partial charge in [-0.2, -0.15) is 5.10 Å². The molecule has 3 nitrogen and oxygen atoms in total. The average molecular weight is 195 g/mol. The first-order valence-electron chi connectivity index (χ1n) is 3.94. The van der Waals surface area contributed by atoms with Crippen LogP contribution in [0.15, 0.2) is 30.5 Å². The number of nitrogens with two attached hydrogens (primary N) is 1. The van der Waals surface area contributed by atoms with Crippen LogP contribution in [0.4, 0.5) is 14.6 Å². The van der Waals surface area contributed by atoms with Crippen LogP contribution in [0.1, 0.15) is 0 Å². The second-order valence-electron chi connectivity index (χ2n) is 2.74. The normalized spacial score (nSPS) is 10.4. The molecule has 0 saturated carbocycles. The molecular weight excluding hydrogens is 188 g/mol. The molecule has 1 heterocycles. The van der Waals surface area contributed by atoms with E-state index >= 15 is 0 Å². The molecule has 2 N–H and O–H groups in total. The maximum atomic E-state index is 13.3. The number of benzene rings is 1. The predicted molar refractivity (Wildman–Crippen MR) is 47.9 cm³/mol. The van der Waals surface area contributed by atoms with Crippen molar-refractivity contribution in [2.24, 2.45) is 0 Å². The molecule has 1 aromatic heterocycles. The zero-order valence-corrected chi connectivity index (χ0v) is 7.11. The van der Waals surface area contributed by atoms with E-state index in [9.17, 15) is 8.78 Å². The number of halogens is 2. The van der Waals surface area contributed by atoms with Crippen LogP contribution in [0.3, 0.4) is 0 Å². The molecule has 5 heteroatoms. The Hall–Kier alpha value is -1.91. The Morgan fingerprint density at radius 1 is 1.21 bits per heavy atom. The molecule has 0 aliphatic carbocycles. The molecule has 1 aromatic carbocycles. The lowest BCUT2D eigenvalue weighted by atomic mass is 10.3.